The molecule has 1 saturated heterocycles. The monoisotopic (exact) mass is 255 g/mol. The first-order chi connectivity index (χ1) is 7.86. The number of carbonyl (C=O) groups is 1. The van der Waals surface area contributed by atoms with E-state index in [1.165, 1.54) is 0 Å². The van der Waals surface area contributed by atoms with Crippen LogP contribution in [0.15, 0.2) is 24.5 Å². The molecule has 1 aliphatic rings. The van der Waals surface area contributed by atoms with E-state index < -0.39 is 0 Å². The summed E-state index contributed by atoms with van der Waals surface area (Å²) in [7, 11) is 0. The lowest BCUT2D eigenvalue weighted by Gasteiger charge is -2.19. The van der Waals surface area contributed by atoms with Gasteiger partial charge in [0.05, 0.1) is 6.42 Å². The largest absolute Gasteiger partial charge is 0.341 e. The van der Waals surface area contributed by atoms with Crippen molar-refractivity contribution < 1.29 is 4.79 Å². The summed E-state index contributed by atoms with van der Waals surface area (Å²) in [6.45, 7) is 3.60. The predicted molar refractivity (Wildman–Crippen MR) is 69.3 cm³/mol. The summed E-state index contributed by atoms with van der Waals surface area (Å²) in [4.78, 5) is 17.9. The molecule has 0 spiro atoms. The van der Waals surface area contributed by atoms with E-state index in [2.05, 4.69) is 10.3 Å². The molecule has 5 heteroatoms. The van der Waals surface area contributed by atoms with Gasteiger partial charge in [-0.3, -0.25) is 9.78 Å². The van der Waals surface area contributed by atoms with E-state index in [0.29, 0.717) is 6.42 Å². The van der Waals surface area contributed by atoms with Crippen molar-refractivity contribution in [3.63, 3.8) is 0 Å². The Labute approximate surface area is 108 Å². The van der Waals surface area contributed by atoms with E-state index >= 15 is 0 Å². The van der Waals surface area contributed by atoms with Crippen molar-refractivity contribution >= 4 is 18.3 Å². The van der Waals surface area contributed by atoms with Gasteiger partial charge in [0.1, 0.15) is 0 Å². The SMILES string of the molecule is Cl.O=C(Cc1cccnc1)N1CCCNCC1. The fourth-order valence-corrected chi connectivity index (χ4v) is 1.88. The van der Waals surface area contributed by atoms with Crippen molar-refractivity contribution in [3.8, 4) is 0 Å². The fraction of sp³-hybridized carbons (Fsp3) is 0.500. The molecule has 17 heavy (non-hydrogen) atoms. The highest BCUT2D eigenvalue weighted by Gasteiger charge is 2.15. The van der Waals surface area contributed by atoms with E-state index in [-0.39, 0.29) is 18.3 Å². The number of rotatable bonds is 2. The van der Waals surface area contributed by atoms with Crippen LogP contribution in [0, 0.1) is 0 Å². The minimum absolute atomic E-state index is 0. The standard InChI is InChI=1S/C12H17N3O.ClH/c16-12(9-11-3-1-4-14-10-11)15-7-2-5-13-6-8-15;/h1,3-4,10,13H,2,5-9H2;1H. The molecule has 0 aliphatic carbocycles. The van der Waals surface area contributed by atoms with E-state index in [1.54, 1.807) is 12.4 Å². The number of nitrogens with one attached hydrogen (secondary N) is 1. The molecule has 94 valence electrons. The Morgan fingerprint density at radius 2 is 2.29 bits per heavy atom. The molecule has 1 fully saturated rings. The van der Waals surface area contributed by atoms with Gasteiger partial charge in [-0.2, -0.15) is 0 Å². The van der Waals surface area contributed by atoms with Gasteiger partial charge < -0.3 is 10.2 Å². The zero-order valence-corrected chi connectivity index (χ0v) is 10.6. The van der Waals surface area contributed by atoms with Crippen molar-refractivity contribution in [2.24, 2.45) is 0 Å². The Morgan fingerprint density at radius 1 is 1.41 bits per heavy atom. The molecule has 0 atom stereocenters. The minimum Gasteiger partial charge on any atom is -0.341 e. The van der Waals surface area contributed by atoms with Crippen molar-refractivity contribution in [2.75, 3.05) is 26.2 Å². The number of hydrogen-bond donors (Lipinski definition) is 1. The minimum atomic E-state index is 0. The van der Waals surface area contributed by atoms with E-state index in [0.717, 1.165) is 38.2 Å². The van der Waals surface area contributed by atoms with Crippen LogP contribution in [-0.2, 0) is 11.2 Å². The lowest BCUT2D eigenvalue weighted by atomic mass is 10.2. The zero-order valence-electron chi connectivity index (χ0n) is 9.76. The van der Waals surface area contributed by atoms with Crippen LogP contribution in [0.2, 0.25) is 0 Å². The highest BCUT2D eigenvalue weighted by molar-refractivity contribution is 5.85. The average Bonchev–Trinajstić information content (AvgIpc) is 2.59. The van der Waals surface area contributed by atoms with Gasteiger partial charge in [0.25, 0.3) is 0 Å². The molecule has 0 radical (unpaired) electrons. The molecule has 1 aromatic rings. The molecule has 1 amide bonds. The second-order valence-electron chi connectivity index (χ2n) is 4.02. The Kier molecular flexibility index (Phi) is 5.94. The third-order valence-electron chi connectivity index (χ3n) is 2.77. The molecular formula is C12H18ClN3O. The van der Waals surface area contributed by atoms with Gasteiger partial charge in [0.2, 0.25) is 5.91 Å². The lowest BCUT2D eigenvalue weighted by Crippen LogP contribution is -2.35. The molecule has 0 saturated carbocycles. The molecule has 0 aromatic carbocycles. The van der Waals surface area contributed by atoms with Crippen LogP contribution in [0.1, 0.15) is 12.0 Å². The van der Waals surface area contributed by atoms with Gasteiger partial charge in [0.15, 0.2) is 0 Å². The first-order valence-electron chi connectivity index (χ1n) is 5.73. The number of amides is 1. The van der Waals surface area contributed by atoms with Crippen LogP contribution in [0.3, 0.4) is 0 Å². The smallest absolute Gasteiger partial charge is 0.227 e. The van der Waals surface area contributed by atoms with Gasteiger partial charge in [-0.25, -0.2) is 0 Å². The topological polar surface area (TPSA) is 45.2 Å². The summed E-state index contributed by atoms with van der Waals surface area (Å²) < 4.78 is 0. The third-order valence-corrected chi connectivity index (χ3v) is 2.77. The summed E-state index contributed by atoms with van der Waals surface area (Å²) >= 11 is 0. The number of halogens is 1. The Morgan fingerprint density at radius 3 is 3.06 bits per heavy atom. The Balaban J connectivity index is 0.00000144. The molecule has 1 aliphatic heterocycles. The highest BCUT2D eigenvalue weighted by atomic mass is 35.5. The van der Waals surface area contributed by atoms with Crippen LogP contribution in [0.25, 0.3) is 0 Å². The molecule has 2 rings (SSSR count). The predicted octanol–water partition coefficient (Wildman–Crippen LogP) is 0.868. The number of aromatic nitrogens is 1. The molecule has 1 N–H and O–H groups in total. The highest BCUT2D eigenvalue weighted by Crippen LogP contribution is 2.03. The summed E-state index contributed by atoms with van der Waals surface area (Å²) in [6, 6.07) is 3.81. The lowest BCUT2D eigenvalue weighted by molar-refractivity contribution is -0.130. The van der Waals surface area contributed by atoms with Crippen LogP contribution in [0.4, 0.5) is 0 Å². The second kappa shape index (κ2) is 7.25. The van der Waals surface area contributed by atoms with Crippen molar-refractivity contribution in [1.82, 2.24) is 15.2 Å². The van der Waals surface area contributed by atoms with Crippen molar-refractivity contribution in [1.29, 1.82) is 0 Å². The first-order valence-corrected chi connectivity index (χ1v) is 5.73. The van der Waals surface area contributed by atoms with Gasteiger partial charge in [-0.1, -0.05) is 6.07 Å². The molecule has 2 heterocycles. The summed E-state index contributed by atoms with van der Waals surface area (Å²) in [5, 5.41) is 3.29. The summed E-state index contributed by atoms with van der Waals surface area (Å²) in [6.07, 6.45) is 4.99. The Bertz CT molecular complexity index is 337. The maximum absolute atomic E-state index is 12.0. The fourth-order valence-electron chi connectivity index (χ4n) is 1.88. The first kappa shape index (κ1) is 13.9. The normalized spacial score (nSPS) is 15.9. The van der Waals surface area contributed by atoms with Gasteiger partial charge in [0, 0.05) is 32.0 Å². The van der Waals surface area contributed by atoms with Crippen molar-refractivity contribution in [3.05, 3.63) is 30.1 Å². The average molecular weight is 256 g/mol. The number of hydrogen-bond acceptors (Lipinski definition) is 3. The van der Waals surface area contributed by atoms with E-state index in [1.807, 2.05) is 17.0 Å². The van der Waals surface area contributed by atoms with E-state index in [4.69, 9.17) is 0 Å². The molecule has 1 aromatic heterocycles. The second-order valence-corrected chi connectivity index (χ2v) is 4.02. The van der Waals surface area contributed by atoms with Gasteiger partial charge in [-0.05, 0) is 24.6 Å². The van der Waals surface area contributed by atoms with Crippen LogP contribution >= 0.6 is 12.4 Å². The third kappa shape index (κ3) is 4.32. The molecule has 0 unspecified atom stereocenters. The molecule has 0 bridgehead atoms. The van der Waals surface area contributed by atoms with Crippen LogP contribution in [0.5, 0.6) is 0 Å². The van der Waals surface area contributed by atoms with E-state index in [9.17, 15) is 4.79 Å². The Hall–Kier alpha value is -1.13. The number of pyridine rings is 1. The van der Waals surface area contributed by atoms with Gasteiger partial charge in [-0.15, -0.1) is 12.4 Å². The maximum atomic E-state index is 12.0. The summed E-state index contributed by atoms with van der Waals surface area (Å²) in [5.41, 5.74) is 0.990. The summed E-state index contributed by atoms with van der Waals surface area (Å²) in [5.74, 6) is 0.205. The zero-order chi connectivity index (χ0) is 11.2. The van der Waals surface area contributed by atoms with Crippen molar-refractivity contribution in [2.45, 2.75) is 12.8 Å². The molecular weight excluding hydrogens is 238 g/mol. The molecule has 4 nitrogen and oxygen atoms in total. The number of nitrogens with zero attached hydrogens (tertiary/aromatic N) is 2. The van der Waals surface area contributed by atoms with Crippen LogP contribution in [-0.4, -0.2) is 42.0 Å². The van der Waals surface area contributed by atoms with Gasteiger partial charge >= 0.3 is 0 Å². The number of carbonyl (C=O) groups excluding carboxylic acids is 1. The van der Waals surface area contributed by atoms with Crippen LogP contribution < -0.4 is 5.32 Å². The maximum Gasteiger partial charge on any atom is 0.227 e. The quantitative estimate of drug-likeness (QED) is 0.853.